The summed E-state index contributed by atoms with van der Waals surface area (Å²) in [5, 5.41) is 3.32. The zero-order valence-corrected chi connectivity index (χ0v) is 18.9. The number of rotatable bonds is 5. The summed E-state index contributed by atoms with van der Waals surface area (Å²) in [6.07, 6.45) is 7.38. The minimum absolute atomic E-state index is 0. The van der Waals surface area contributed by atoms with Gasteiger partial charge >= 0.3 is 0 Å². The normalized spacial score (nSPS) is 24.7. The van der Waals surface area contributed by atoms with Crippen molar-refractivity contribution in [2.24, 2.45) is 17.6 Å². The number of nitrogens with zero attached hydrogens (tertiary/aromatic N) is 1. The van der Waals surface area contributed by atoms with E-state index >= 15 is 0 Å². The number of nitrogens with two attached hydrogens (primary N) is 1. The molecule has 2 saturated carbocycles. The Balaban J connectivity index is 0.00000160. The Kier molecular flexibility index (Phi) is 8.95. The minimum atomic E-state index is 0. The van der Waals surface area contributed by atoms with Crippen molar-refractivity contribution >= 4 is 30.7 Å². The zero-order valence-electron chi connectivity index (χ0n) is 17.3. The van der Waals surface area contributed by atoms with Crippen LogP contribution in [0.5, 0.6) is 5.75 Å². The van der Waals surface area contributed by atoms with Gasteiger partial charge < -0.3 is 15.8 Å². The van der Waals surface area contributed by atoms with Crippen LogP contribution in [-0.2, 0) is 6.61 Å². The van der Waals surface area contributed by atoms with Crippen LogP contribution in [0.15, 0.2) is 42.6 Å². The quantitative estimate of drug-likeness (QED) is 0.703. The second-order valence-corrected chi connectivity index (χ2v) is 8.31. The molecule has 7 heteroatoms. The van der Waals surface area contributed by atoms with Crippen LogP contribution < -0.4 is 15.8 Å². The number of amides is 1. The number of pyridine rings is 1. The maximum Gasteiger partial charge on any atom is 0.251 e. The molecule has 2 fully saturated rings. The van der Waals surface area contributed by atoms with Gasteiger partial charge in [-0.3, -0.25) is 9.78 Å². The van der Waals surface area contributed by atoms with E-state index in [2.05, 4.69) is 10.3 Å². The summed E-state index contributed by atoms with van der Waals surface area (Å²) in [5.74, 6) is 1.78. The van der Waals surface area contributed by atoms with Crippen molar-refractivity contribution in [3.05, 3.63) is 59.4 Å². The first kappa shape index (κ1) is 24.4. The molecular weight excluding hydrogens is 421 g/mol. The highest BCUT2D eigenvalue weighted by Crippen LogP contribution is 2.39. The molecule has 0 saturated heterocycles. The van der Waals surface area contributed by atoms with Crippen LogP contribution in [0, 0.1) is 18.8 Å². The first-order valence-electron chi connectivity index (χ1n) is 10.3. The number of aryl methyl sites for hydroxylation is 1. The Hall–Kier alpha value is -1.82. The van der Waals surface area contributed by atoms with Gasteiger partial charge in [-0.2, -0.15) is 0 Å². The third-order valence-electron chi connectivity index (χ3n) is 6.15. The number of carbonyl (C=O) groups excluding carboxylic acids is 1. The van der Waals surface area contributed by atoms with Gasteiger partial charge in [-0.25, -0.2) is 0 Å². The predicted molar refractivity (Wildman–Crippen MR) is 124 cm³/mol. The van der Waals surface area contributed by atoms with Crippen LogP contribution in [0.2, 0.25) is 0 Å². The highest BCUT2D eigenvalue weighted by atomic mass is 35.5. The fourth-order valence-corrected chi connectivity index (χ4v) is 4.77. The van der Waals surface area contributed by atoms with Gasteiger partial charge in [0.1, 0.15) is 12.4 Å². The molecule has 2 aliphatic carbocycles. The van der Waals surface area contributed by atoms with E-state index in [-0.39, 0.29) is 36.8 Å². The van der Waals surface area contributed by atoms with Gasteiger partial charge in [0, 0.05) is 23.3 Å². The van der Waals surface area contributed by atoms with Crippen molar-refractivity contribution < 1.29 is 9.53 Å². The molecule has 2 unspecified atom stereocenters. The van der Waals surface area contributed by atoms with E-state index in [1.54, 1.807) is 6.20 Å². The average Bonchev–Trinajstić information content (AvgIpc) is 2.68. The maximum absolute atomic E-state index is 12.9. The molecule has 5 nitrogen and oxygen atoms in total. The van der Waals surface area contributed by atoms with Crippen LogP contribution >= 0.6 is 24.8 Å². The topological polar surface area (TPSA) is 77.2 Å². The Morgan fingerprint density at radius 3 is 2.57 bits per heavy atom. The molecule has 3 N–H and O–H groups in total. The van der Waals surface area contributed by atoms with Crippen LogP contribution in [-0.4, -0.2) is 23.0 Å². The van der Waals surface area contributed by atoms with Crippen molar-refractivity contribution in [2.75, 3.05) is 0 Å². The van der Waals surface area contributed by atoms with Crippen molar-refractivity contribution in [1.82, 2.24) is 10.3 Å². The van der Waals surface area contributed by atoms with Crippen molar-refractivity contribution in [3.8, 4) is 5.75 Å². The zero-order chi connectivity index (χ0) is 19.5. The number of halogens is 2. The minimum Gasteiger partial charge on any atom is -0.487 e. The maximum atomic E-state index is 12.9. The SMILES string of the molecule is Cc1ccc(OCc2cccc(C(=O)NC3C4CCCC3CC(N)C4)c2)cn1.Cl.Cl. The Bertz CT molecular complexity index is 817. The van der Waals surface area contributed by atoms with Gasteiger partial charge in [-0.15, -0.1) is 24.8 Å². The second kappa shape index (κ2) is 11.0. The smallest absolute Gasteiger partial charge is 0.251 e. The van der Waals surface area contributed by atoms with Crippen LogP contribution in [0.3, 0.4) is 0 Å². The molecule has 0 spiro atoms. The molecular formula is C23H31Cl2N3O2. The van der Waals surface area contributed by atoms with Crippen molar-refractivity contribution in [3.63, 3.8) is 0 Å². The van der Waals surface area contributed by atoms with Crippen LogP contribution in [0.4, 0.5) is 0 Å². The molecule has 1 aromatic heterocycles. The lowest BCUT2D eigenvalue weighted by molar-refractivity contribution is 0.0756. The number of hydrogen-bond acceptors (Lipinski definition) is 4. The van der Waals surface area contributed by atoms with Crippen molar-refractivity contribution in [2.45, 2.75) is 57.7 Å². The van der Waals surface area contributed by atoms with Gasteiger partial charge in [0.15, 0.2) is 0 Å². The number of ether oxygens (including phenoxy) is 1. The summed E-state index contributed by atoms with van der Waals surface area (Å²) in [6.45, 7) is 2.36. The highest BCUT2D eigenvalue weighted by Gasteiger charge is 2.39. The van der Waals surface area contributed by atoms with E-state index in [4.69, 9.17) is 10.5 Å². The highest BCUT2D eigenvalue weighted by molar-refractivity contribution is 5.94. The summed E-state index contributed by atoms with van der Waals surface area (Å²) in [4.78, 5) is 17.1. The number of carbonyl (C=O) groups is 1. The number of benzene rings is 1. The fourth-order valence-electron chi connectivity index (χ4n) is 4.77. The number of fused-ring (bicyclic) bond motifs is 2. The first-order chi connectivity index (χ1) is 13.6. The molecule has 0 radical (unpaired) electrons. The second-order valence-electron chi connectivity index (χ2n) is 8.31. The van der Waals surface area contributed by atoms with Gasteiger partial charge in [-0.05, 0) is 74.3 Å². The largest absolute Gasteiger partial charge is 0.487 e. The van der Waals surface area contributed by atoms with Crippen LogP contribution in [0.1, 0.15) is 53.7 Å². The fraction of sp³-hybridized carbons (Fsp3) is 0.478. The van der Waals surface area contributed by atoms with Gasteiger partial charge in [0.2, 0.25) is 0 Å². The summed E-state index contributed by atoms with van der Waals surface area (Å²) < 4.78 is 5.80. The number of aromatic nitrogens is 1. The molecule has 2 atom stereocenters. The number of nitrogens with one attached hydrogen (secondary N) is 1. The molecule has 30 heavy (non-hydrogen) atoms. The number of hydrogen-bond donors (Lipinski definition) is 2. The molecule has 1 amide bonds. The Morgan fingerprint density at radius 2 is 1.90 bits per heavy atom. The lowest BCUT2D eigenvalue weighted by Gasteiger charge is -2.45. The van der Waals surface area contributed by atoms with Gasteiger partial charge in [0.05, 0.1) is 6.20 Å². The van der Waals surface area contributed by atoms with E-state index in [1.165, 1.54) is 19.3 Å². The lowest BCUT2D eigenvalue weighted by atomic mass is 9.67. The molecule has 1 heterocycles. The van der Waals surface area contributed by atoms with E-state index in [0.29, 0.717) is 30.0 Å². The summed E-state index contributed by atoms with van der Waals surface area (Å²) in [7, 11) is 0. The van der Waals surface area contributed by atoms with E-state index in [0.717, 1.165) is 29.8 Å². The first-order valence-corrected chi connectivity index (χ1v) is 10.3. The molecule has 2 aromatic rings. The van der Waals surface area contributed by atoms with Gasteiger partial charge in [-0.1, -0.05) is 18.6 Å². The van der Waals surface area contributed by atoms with E-state index < -0.39 is 0 Å². The van der Waals surface area contributed by atoms with Crippen molar-refractivity contribution in [1.29, 1.82) is 0 Å². The standard InChI is InChI=1S/C23H29N3O2.2ClH/c1-15-8-9-21(13-25-15)28-14-16-4-2-7-19(10-16)23(27)26-22-17-5-3-6-18(22)12-20(24)11-17;;/h2,4,7-10,13,17-18,20,22H,3,5-6,11-12,14,24H2,1H3,(H,26,27);2*1H. The Morgan fingerprint density at radius 1 is 1.17 bits per heavy atom. The average molecular weight is 452 g/mol. The third-order valence-corrected chi connectivity index (χ3v) is 6.15. The molecule has 4 rings (SSSR count). The third kappa shape index (κ3) is 5.87. The van der Waals surface area contributed by atoms with E-state index in [9.17, 15) is 4.79 Å². The van der Waals surface area contributed by atoms with Gasteiger partial charge in [0.25, 0.3) is 5.91 Å². The summed E-state index contributed by atoms with van der Waals surface area (Å²) in [5.41, 5.74) is 8.83. The summed E-state index contributed by atoms with van der Waals surface area (Å²) >= 11 is 0. The summed E-state index contributed by atoms with van der Waals surface area (Å²) in [6, 6.07) is 12.1. The van der Waals surface area contributed by atoms with Crippen LogP contribution in [0.25, 0.3) is 0 Å². The van der Waals surface area contributed by atoms with E-state index in [1.807, 2.05) is 43.3 Å². The molecule has 0 aliphatic heterocycles. The Labute approximate surface area is 191 Å². The monoisotopic (exact) mass is 451 g/mol. The molecule has 1 aromatic carbocycles. The molecule has 2 bridgehead atoms. The predicted octanol–water partition coefficient (Wildman–Crippen LogP) is 4.45. The lowest BCUT2D eigenvalue weighted by Crippen LogP contribution is -2.53. The molecule has 2 aliphatic rings. The molecule has 164 valence electrons.